The summed E-state index contributed by atoms with van der Waals surface area (Å²) in [7, 11) is 0. The predicted octanol–water partition coefficient (Wildman–Crippen LogP) is 3.34. The van der Waals surface area contributed by atoms with Crippen LogP contribution in [0.25, 0.3) is 0 Å². The van der Waals surface area contributed by atoms with Crippen LogP contribution in [0.3, 0.4) is 0 Å². The van der Waals surface area contributed by atoms with Gasteiger partial charge in [0.1, 0.15) is 6.04 Å². The van der Waals surface area contributed by atoms with Gasteiger partial charge in [0.2, 0.25) is 11.8 Å². The van der Waals surface area contributed by atoms with Crippen LogP contribution in [0.4, 0.5) is 5.69 Å². The molecular weight excluding hydrogens is 342 g/mol. The first-order valence-electron chi connectivity index (χ1n) is 10.1. The summed E-state index contributed by atoms with van der Waals surface area (Å²) in [5, 5.41) is 5.77. The third-order valence-corrected chi connectivity index (χ3v) is 4.82. The van der Waals surface area contributed by atoms with Gasteiger partial charge in [-0.05, 0) is 49.9 Å². The standard InChI is InChI=1S/C21H31N3O3/c1-3-5-9-19(25)23-17-12-10-16(11-13-17)21(27)24-15-7-8-18(24)20(26)22-14-6-4-2/h10-13,18H,3-9,14-15H2,1-2H3,(H,22,26)(H,23,25)/t18-/m1/s1. The van der Waals surface area contributed by atoms with Gasteiger partial charge in [-0.25, -0.2) is 0 Å². The monoisotopic (exact) mass is 373 g/mol. The number of nitrogens with zero attached hydrogens (tertiary/aromatic N) is 1. The average Bonchev–Trinajstić information content (AvgIpc) is 3.16. The second kappa shape index (κ2) is 10.7. The van der Waals surface area contributed by atoms with E-state index >= 15 is 0 Å². The largest absolute Gasteiger partial charge is 0.354 e. The van der Waals surface area contributed by atoms with E-state index in [1.165, 1.54) is 0 Å². The summed E-state index contributed by atoms with van der Waals surface area (Å²) in [5.74, 6) is -0.208. The Kier molecular flexibility index (Phi) is 8.30. The van der Waals surface area contributed by atoms with E-state index in [0.29, 0.717) is 37.2 Å². The molecule has 0 aliphatic carbocycles. The van der Waals surface area contributed by atoms with E-state index in [9.17, 15) is 14.4 Å². The van der Waals surface area contributed by atoms with Crippen LogP contribution in [0.5, 0.6) is 0 Å². The number of benzene rings is 1. The molecule has 0 saturated carbocycles. The number of likely N-dealkylation sites (tertiary alicyclic amines) is 1. The molecule has 1 aromatic rings. The van der Waals surface area contributed by atoms with E-state index in [1.54, 1.807) is 29.2 Å². The molecule has 1 aromatic carbocycles. The van der Waals surface area contributed by atoms with Gasteiger partial charge < -0.3 is 15.5 Å². The van der Waals surface area contributed by atoms with E-state index in [2.05, 4.69) is 17.6 Å². The van der Waals surface area contributed by atoms with Gasteiger partial charge in [-0.2, -0.15) is 0 Å². The topological polar surface area (TPSA) is 78.5 Å². The van der Waals surface area contributed by atoms with Crippen LogP contribution in [0.1, 0.15) is 69.2 Å². The lowest BCUT2D eigenvalue weighted by Crippen LogP contribution is -2.46. The summed E-state index contributed by atoms with van der Waals surface area (Å²) >= 11 is 0. The Bertz CT molecular complexity index is 643. The molecule has 0 unspecified atom stereocenters. The Balaban J connectivity index is 1.95. The minimum atomic E-state index is -0.386. The minimum Gasteiger partial charge on any atom is -0.354 e. The van der Waals surface area contributed by atoms with Crippen LogP contribution < -0.4 is 10.6 Å². The van der Waals surface area contributed by atoms with E-state index in [0.717, 1.165) is 32.1 Å². The molecule has 1 heterocycles. The molecule has 6 heteroatoms. The predicted molar refractivity (Wildman–Crippen MR) is 107 cm³/mol. The molecule has 1 aliphatic heterocycles. The second-order valence-corrected chi connectivity index (χ2v) is 7.03. The zero-order valence-corrected chi connectivity index (χ0v) is 16.4. The van der Waals surface area contributed by atoms with E-state index < -0.39 is 0 Å². The SMILES string of the molecule is CCCCNC(=O)[C@H]1CCCN1C(=O)c1ccc(NC(=O)CCCC)cc1. The molecule has 148 valence electrons. The highest BCUT2D eigenvalue weighted by Crippen LogP contribution is 2.21. The highest BCUT2D eigenvalue weighted by atomic mass is 16.2. The zero-order chi connectivity index (χ0) is 19.6. The minimum absolute atomic E-state index is 0.0146. The summed E-state index contributed by atoms with van der Waals surface area (Å²) < 4.78 is 0. The lowest BCUT2D eigenvalue weighted by molar-refractivity contribution is -0.124. The number of anilines is 1. The van der Waals surface area contributed by atoms with E-state index in [-0.39, 0.29) is 23.8 Å². The summed E-state index contributed by atoms with van der Waals surface area (Å²) in [6, 6.07) is 6.51. The van der Waals surface area contributed by atoms with Crippen molar-refractivity contribution in [2.45, 2.75) is 64.8 Å². The van der Waals surface area contributed by atoms with Crippen molar-refractivity contribution in [3.8, 4) is 0 Å². The summed E-state index contributed by atoms with van der Waals surface area (Å²) in [4.78, 5) is 38.7. The Morgan fingerprint density at radius 2 is 1.78 bits per heavy atom. The summed E-state index contributed by atoms with van der Waals surface area (Å²) in [6.45, 7) is 5.37. The molecular formula is C21H31N3O3. The van der Waals surface area contributed by atoms with Crippen LogP contribution in [0.2, 0.25) is 0 Å². The van der Waals surface area contributed by atoms with Crippen molar-refractivity contribution < 1.29 is 14.4 Å². The highest BCUT2D eigenvalue weighted by Gasteiger charge is 2.34. The van der Waals surface area contributed by atoms with Crippen LogP contribution in [-0.4, -0.2) is 41.8 Å². The van der Waals surface area contributed by atoms with Crippen LogP contribution in [0, 0.1) is 0 Å². The highest BCUT2D eigenvalue weighted by molar-refractivity contribution is 5.98. The maximum absolute atomic E-state index is 12.8. The van der Waals surface area contributed by atoms with Gasteiger partial charge in [0.05, 0.1) is 0 Å². The van der Waals surface area contributed by atoms with E-state index in [4.69, 9.17) is 0 Å². The first kappa shape index (κ1) is 20.9. The molecule has 1 saturated heterocycles. The van der Waals surface area contributed by atoms with Crippen LogP contribution in [0.15, 0.2) is 24.3 Å². The molecule has 1 fully saturated rings. The fourth-order valence-electron chi connectivity index (χ4n) is 3.21. The maximum atomic E-state index is 12.8. The van der Waals surface area contributed by atoms with Gasteiger partial charge in [0.25, 0.3) is 5.91 Å². The fraction of sp³-hybridized carbons (Fsp3) is 0.571. The molecule has 3 amide bonds. The smallest absolute Gasteiger partial charge is 0.254 e. The molecule has 0 bridgehead atoms. The summed E-state index contributed by atoms with van der Waals surface area (Å²) in [5.41, 5.74) is 1.22. The van der Waals surface area contributed by atoms with Crippen molar-refractivity contribution in [2.24, 2.45) is 0 Å². The quantitative estimate of drug-likeness (QED) is 0.652. The van der Waals surface area contributed by atoms with Crippen molar-refractivity contribution >= 4 is 23.4 Å². The van der Waals surface area contributed by atoms with Gasteiger partial charge in [-0.15, -0.1) is 0 Å². The zero-order valence-electron chi connectivity index (χ0n) is 16.4. The van der Waals surface area contributed by atoms with Gasteiger partial charge >= 0.3 is 0 Å². The Morgan fingerprint density at radius 1 is 1.07 bits per heavy atom. The van der Waals surface area contributed by atoms with Gasteiger partial charge in [0, 0.05) is 30.8 Å². The normalized spacial score (nSPS) is 16.2. The number of amides is 3. The van der Waals surface area contributed by atoms with Crippen molar-refractivity contribution in [1.29, 1.82) is 0 Å². The Morgan fingerprint density at radius 3 is 2.44 bits per heavy atom. The van der Waals surface area contributed by atoms with Gasteiger partial charge in [-0.1, -0.05) is 26.7 Å². The molecule has 1 atom stereocenters. The molecule has 1 aliphatic rings. The number of hydrogen-bond acceptors (Lipinski definition) is 3. The van der Waals surface area contributed by atoms with Crippen molar-refractivity contribution in [2.75, 3.05) is 18.4 Å². The van der Waals surface area contributed by atoms with Crippen molar-refractivity contribution in [1.82, 2.24) is 10.2 Å². The Labute approximate surface area is 161 Å². The lowest BCUT2D eigenvalue weighted by Gasteiger charge is -2.24. The van der Waals surface area contributed by atoms with Crippen molar-refractivity contribution in [3.63, 3.8) is 0 Å². The third-order valence-electron chi connectivity index (χ3n) is 4.82. The first-order chi connectivity index (χ1) is 13.1. The average molecular weight is 373 g/mol. The first-order valence-corrected chi connectivity index (χ1v) is 10.1. The maximum Gasteiger partial charge on any atom is 0.254 e. The van der Waals surface area contributed by atoms with Crippen LogP contribution in [-0.2, 0) is 9.59 Å². The number of unbranched alkanes of at least 4 members (excludes halogenated alkanes) is 2. The molecule has 2 N–H and O–H groups in total. The van der Waals surface area contributed by atoms with Crippen molar-refractivity contribution in [3.05, 3.63) is 29.8 Å². The van der Waals surface area contributed by atoms with Crippen LogP contribution >= 0.6 is 0 Å². The molecule has 0 aromatic heterocycles. The third kappa shape index (κ3) is 6.08. The molecule has 0 radical (unpaired) electrons. The van der Waals surface area contributed by atoms with E-state index in [1.807, 2.05) is 6.92 Å². The molecule has 0 spiro atoms. The second-order valence-electron chi connectivity index (χ2n) is 7.03. The number of hydrogen-bond donors (Lipinski definition) is 2. The molecule has 6 nitrogen and oxygen atoms in total. The number of carbonyl (C=O) groups excluding carboxylic acids is 3. The Hall–Kier alpha value is -2.37. The fourth-order valence-corrected chi connectivity index (χ4v) is 3.21. The van der Waals surface area contributed by atoms with Gasteiger partial charge in [-0.3, -0.25) is 14.4 Å². The number of carbonyl (C=O) groups is 3. The number of rotatable bonds is 9. The number of nitrogens with one attached hydrogen (secondary N) is 2. The molecule has 2 rings (SSSR count). The summed E-state index contributed by atoms with van der Waals surface area (Å²) in [6.07, 6.45) is 5.84. The van der Waals surface area contributed by atoms with Gasteiger partial charge in [0.15, 0.2) is 0 Å². The lowest BCUT2D eigenvalue weighted by atomic mass is 10.1. The molecule has 27 heavy (non-hydrogen) atoms.